The number of hydrogen-bond donors (Lipinski definition) is 1. The van der Waals surface area contributed by atoms with Gasteiger partial charge < -0.3 is 10.5 Å². The Balaban J connectivity index is 2.75. The van der Waals surface area contributed by atoms with Gasteiger partial charge in [-0.15, -0.1) is 0 Å². The van der Waals surface area contributed by atoms with Crippen LogP contribution < -0.4 is 11.2 Å². The second-order valence-electron chi connectivity index (χ2n) is 2.45. The molecule has 0 unspecified atom stereocenters. The van der Waals surface area contributed by atoms with Crippen molar-refractivity contribution in [1.82, 2.24) is 4.98 Å². The number of nitrogens with two attached hydrogens (primary N) is 1. The maximum atomic E-state index is 5.58. The second-order valence-corrected chi connectivity index (χ2v) is 2.45. The fourth-order valence-corrected chi connectivity index (χ4v) is 0.867. The Morgan fingerprint density at radius 3 is 3.08 bits per heavy atom. The van der Waals surface area contributed by atoms with Gasteiger partial charge in [0, 0.05) is 18.4 Å². The molecule has 0 saturated heterocycles. The first kappa shape index (κ1) is 9.07. The predicted octanol–water partition coefficient (Wildman–Crippen LogP) is -0.00590. The van der Waals surface area contributed by atoms with Crippen molar-refractivity contribution in [3.8, 4) is 0 Å². The lowest BCUT2D eigenvalue weighted by atomic mass is 9.97. The van der Waals surface area contributed by atoms with E-state index in [1.807, 2.05) is 6.92 Å². The third-order valence-corrected chi connectivity index (χ3v) is 1.48. The minimum absolute atomic E-state index is 0.473. The van der Waals surface area contributed by atoms with Gasteiger partial charge in [-0.05, 0) is 6.92 Å². The Bertz CT molecular complexity index is 265. The number of pyridine rings is 1. The van der Waals surface area contributed by atoms with Crippen molar-refractivity contribution in [2.75, 3.05) is 12.3 Å². The number of rotatable bonds is 3. The Morgan fingerprint density at radius 1 is 1.67 bits per heavy atom. The lowest BCUT2D eigenvalue weighted by Crippen LogP contribution is -2.09. The van der Waals surface area contributed by atoms with E-state index in [-0.39, 0.29) is 0 Å². The summed E-state index contributed by atoms with van der Waals surface area (Å²) in [6, 6.07) is 1.78. The van der Waals surface area contributed by atoms with E-state index in [1.165, 1.54) is 6.20 Å². The van der Waals surface area contributed by atoms with Crippen LogP contribution in [-0.4, -0.2) is 19.4 Å². The van der Waals surface area contributed by atoms with E-state index < -0.39 is 0 Å². The second kappa shape index (κ2) is 4.11. The molecular weight excluding hydrogens is 151 g/mol. The molecule has 2 N–H and O–H groups in total. The first-order valence-corrected chi connectivity index (χ1v) is 3.81. The molecule has 0 aromatic carbocycles. The van der Waals surface area contributed by atoms with Gasteiger partial charge in [-0.25, -0.2) is 4.98 Å². The number of anilines is 1. The topological polar surface area (TPSA) is 48.1 Å². The quantitative estimate of drug-likeness (QED) is 0.636. The molecule has 1 rings (SSSR count). The molecule has 0 aliphatic heterocycles. The summed E-state index contributed by atoms with van der Waals surface area (Å²) in [5, 5.41) is 0. The van der Waals surface area contributed by atoms with Crippen molar-refractivity contribution in [3.05, 3.63) is 17.8 Å². The zero-order valence-electron chi connectivity index (χ0n) is 7.08. The molecule has 0 aliphatic rings. The number of aromatic nitrogens is 1. The zero-order valence-corrected chi connectivity index (χ0v) is 7.08. The minimum atomic E-state index is 0.473. The van der Waals surface area contributed by atoms with Crippen LogP contribution in [0.1, 0.15) is 12.5 Å². The summed E-state index contributed by atoms with van der Waals surface area (Å²) < 4.78 is 5.18. The predicted molar refractivity (Wildman–Crippen MR) is 49.4 cm³/mol. The van der Waals surface area contributed by atoms with Crippen LogP contribution in [-0.2, 0) is 11.3 Å². The molecule has 3 nitrogen and oxygen atoms in total. The molecule has 12 heavy (non-hydrogen) atoms. The van der Waals surface area contributed by atoms with E-state index in [1.54, 1.807) is 6.07 Å². The molecule has 0 spiro atoms. The maximum absolute atomic E-state index is 5.58. The van der Waals surface area contributed by atoms with Crippen molar-refractivity contribution < 1.29 is 4.74 Å². The molecule has 1 aromatic rings. The van der Waals surface area contributed by atoms with E-state index >= 15 is 0 Å². The van der Waals surface area contributed by atoms with Crippen LogP contribution in [0.15, 0.2) is 12.3 Å². The molecule has 0 bridgehead atoms. The summed E-state index contributed by atoms with van der Waals surface area (Å²) >= 11 is 0. The van der Waals surface area contributed by atoms with Crippen LogP contribution in [0, 0.1) is 0 Å². The summed E-state index contributed by atoms with van der Waals surface area (Å²) in [6.45, 7) is 3.06. The highest BCUT2D eigenvalue weighted by Gasteiger charge is 1.99. The van der Waals surface area contributed by atoms with Crippen LogP contribution in [0.5, 0.6) is 0 Å². The average Bonchev–Trinajstić information content (AvgIpc) is 2.07. The fourth-order valence-electron chi connectivity index (χ4n) is 0.867. The molecule has 4 heteroatoms. The van der Waals surface area contributed by atoms with Gasteiger partial charge in [0.25, 0.3) is 0 Å². The largest absolute Gasteiger partial charge is 0.383 e. The number of hydrogen-bond acceptors (Lipinski definition) is 3. The van der Waals surface area contributed by atoms with Crippen molar-refractivity contribution in [2.45, 2.75) is 13.5 Å². The molecule has 0 atom stereocenters. The normalized spacial score (nSPS) is 10.1. The van der Waals surface area contributed by atoms with Gasteiger partial charge in [0.1, 0.15) is 13.7 Å². The highest BCUT2D eigenvalue weighted by atomic mass is 16.5. The van der Waals surface area contributed by atoms with Gasteiger partial charge in [-0.1, -0.05) is 11.5 Å². The molecule has 1 aromatic heterocycles. The van der Waals surface area contributed by atoms with Crippen LogP contribution in [0.4, 0.5) is 5.82 Å². The lowest BCUT2D eigenvalue weighted by Gasteiger charge is -2.05. The SMILES string of the molecule is [B]c1cnc(N)c(COCC)c1. The lowest BCUT2D eigenvalue weighted by molar-refractivity contribution is 0.134. The summed E-state index contributed by atoms with van der Waals surface area (Å²) in [6.07, 6.45) is 1.53. The average molecular weight is 162 g/mol. The van der Waals surface area contributed by atoms with Crippen molar-refractivity contribution in [1.29, 1.82) is 0 Å². The third kappa shape index (κ3) is 2.24. The standard InChI is InChI=1S/C8H11BN2O/c1-2-12-5-6-3-7(9)4-11-8(6)10/h3-4H,2,5H2,1H3,(H2,10,11). The Kier molecular flexibility index (Phi) is 3.11. The first-order valence-electron chi connectivity index (χ1n) is 3.81. The third-order valence-electron chi connectivity index (χ3n) is 1.48. The van der Waals surface area contributed by atoms with Crippen LogP contribution in [0.2, 0.25) is 0 Å². The molecule has 0 fully saturated rings. The fraction of sp³-hybridized carbons (Fsp3) is 0.375. The zero-order chi connectivity index (χ0) is 8.97. The highest BCUT2D eigenvalue weighted by molar-refractivity contribution is 6.32. The minimum Gasteiger partial charge on any atom is -0.383 e. The van der Waals surface area contributed by atoms with E-state index in [4.69, 9.17) is 18.3 Å². The smallest absolute Gasteiger partial charge is 0.128 e. The first-order chi connectivity index (χ1) is 5.74. The van der Waals surface area contributed by atoms with E-state index in [2.05, 4.69) is 4.98 Å². The Morgan fingerprint density at radius 2 is 2.42 bits per heavy atom. The Hall–Kier alpha value is -1.03. The van der Waals surface area contributed by atoms with Gasteiger partial charge in [-0.3, -0.25) is 0 Å². The number of nitrogen functional groups attached to an aromatic ring is 1. The van der Waals surface area contributed by atoms with Gasteiger partial charge in [0.15, 0.2) is 0 Å². The molecule has 1 heterocycles. The summed E-state index contributed by atoms with van der Waals surface area (Å²) in [5.41, 5.74) is 7.04. The van der Waals surface area contributed by atoms with Crippen molar-refractivity contribution in [3.63, 3.8) is 0 Å². The van der Waals surface area contributed by atoms with Crippen LogP contribution in [0.25, 0.3) is 0 Å². The molecule has 2 radical (unpaired) electrons. The van der Waals surface area contributed by atoms with Gasteiger partial charge >= 0.3 is 0 Å². The van der Waals surface area contributed by atoms with Crippen LogP contribution >= 0.6 is 0 Å². The van der Waals surface area contributed by atoms with E-state index in [0.29, 0.717) is 24.5 Å². The van der Waals surface area contributed by atoms with Crippen molar-refractivity contribution >= 4 is 19.1 Å². The molecule has 62 valence electrons. The monoisotopic (exact) mass is 162 g/mol. The molecule has 0 amide bonds. The summed E-state index contributed by atoms with van der Waals surface area (Å²) in [5.74, 6) is 0.484. The number of ether oxygens (including phenoxy) is 1. The highest BCUT2D eigenvalue weighted by Crippen LogP contribution is 2.06. The van der Waals surface area contributed by atoms with E-state index in [0.717, 1.165) is 5.56 Å². The number of nitrogens with zero attached hydrogens (tertiary/aromatic N) is 1. The Labute approximate surface area is 73.4 Å². The van der Waals surface area contributed by atoms with E-state index in [9.17, 15) is 0 Å². The van der Waals surface area contributed by atoms with Gasteiger partial charge in [0.2, 0.25) is 0 Å². The molecular formula is C8H11BN2O. The summed E-state index contributed by atoms with van der Waals surface area (Å²) in [7, 11) is 5.53. The van der Waals surface area contributed by atoms with Gasteiger partial charge in [0.05, 0.1) is 6.61 Å². The van der Waals surface area contributed by atoms with Crippen LogP contribution in [0.3, 0.4) is 0 Å². The molecule has 0 aliphatic carbocycles. The molecule has 0 saturated carbocycles. The maximum Gasteiger partial charge on any atom is 0.128 e. The van der Waals surface area contributed by atoms with Gasteiger partial charge in [-0.2, -0.15) is 0 Å². The van der Waals surface area contributed by atoms with Crippen molar-refractivity contribution in [2.24, 2.45) is 0 Å². The summed E-state index contributed by atoms with van der Waals surface area (Å²) in [4.78, 5) is 3.90.